The number of nitrogens with zero attached hydrogens (tertiary/aromatic N) is 1. The van der Waals surface area contributed by atoms with Gasteiger partial charge in [0.2, 0.25) is 5.91 Å². The molecule has 0 spiro atoms. The lowest BCUT2D eigenvalue weighted by atomic mass is 10.0. The third-order valence-electron chi connectivity index (χ3n) is 5.16. The van der Waals surface area contributed by atoms with Gasteiger partial charge in [-0.05, 0) is 43.2 Å². The summed E-state index contributed by atoms with van der Waals surface area (Å²) in [6, 6.07) is 8.68. The smallest absolute Gasteiger partial charge is 0.264 e. The molecule has 1 aliphatic rings. The van der Waals surface area contributed by atoms with E-state index in [1.54, 1.807) is 31.2 Å². The van der Waals surface area contributed by atoms with E-state index in [4.69, 9.17) is 15.2 Å². The topological polar surface area (TPSA) is 148 Å². The fourth-order valence-electron chi connectivity index (χ4n) is 3.72. The number of methoxy groups -OCH3 is 1. The highest BCUT2D eigenvalue weighted by Crippen LogP contribution is 2.39. The second-order valence-electron chi connectivity index (χ2n) is 7.13. The van der Waals surface area contributed by atoms with E-state index in [1.807, 2.05) is 0 Å². The van der Waals surface area contributed by atoms with Gasteiger partial charge >= 0.3 is 0 Å². The third kappa shape index (κ3) is 5.05. The van der Waals surface area contributed by atoms with Gasteiger partial charge in [-0.25, -0.2) is 4.21 Å². The van der Waals surface area contributed by atoms with Gasteiger partial charge < -0.3 is 25.1 Å². The second-order valence-corrected chi connectivity index (χ2v) is 8.19. The van der Waals surface area contributed by atoms with Crippen molar-refractivity contribution in [1.82, 2.24) is 4.90 Å². The Balaban J connectivity index is 2.06. The first-order chi connectivity index (χ1) is 15.8. The molecule has 2 aromatic carbocycles. The summed E-state index contributed by atoms with van der Waals surface area (Å²) in [7, 11) is 1.49. The minimum absolute atomic E-state index is 0.0387. The van der Waals surface area contributed by atoms with Crippen LogP contribution < -0.4 is 20.5 Å². The molecule has 33 heavy (non-hydrogen) atoms. The summed E-state index contributed by atoms with van der Waals surface area (Å²) < 4.78 is 31.7. The van der Waals surface area contributed by atoms with E-state index < -0.39 is 34.8 Å². The van der Waals surface area contributed by atoms with Gasteiger partial charge in [0.25, 0.3) is 11.8 Å². The zero-order valence-electron chi connectivity index (χ0n) is 18.2. The predicted octanol–water partition coefficient (Wildman–Crippen LogP) is 1.94. The molecule has 3 rings (SSSR count). The predicted molar refractivity (Wildman–Crippen MR) is 122 cm³/mol. The number of carbonyl (C=O) groups excluding carboxylic acids is 3. The van der Waals surface area contributed by atoms with Crippen molar-refractivity contribution < 1.29 is 32.6 Å². The number of amides is 3. The Hall–Kier alpha value is -3.28. The molecule has 0 aliphatic carbocycles. The van der Waals surface area contributed by atoms with Gasteiger partial charge in [0.05, 0.1) is 48.9 Å². The van der Waals surface area contributed by atoms with Crippen LogP contribution in [0.15, 0.2) is 36.4 Å². The van der Waals surface area contributed by atoms with E-state index in [2.05, 4.69) is 5.32 Å². The van der Waals surface area contributed by atoms with Crippen LogP contribution in [0.2, 0.25) is 0 Å². The van der Waals surface area contributed by atoms with E-state index >= 15 is 0 Å². The molecule has 1 heterocycles. The highest BCUT2D eigenvalue weighted by Gasteiger charge is 2.42. The van der Waals surface area contributed by atoms with Gasteiger partial charge in [-0.1, -0.05) is 12.1 Å². The number of nitrogens with one attached hydrogen (secondary N) is 1. The summed E-state index contributed by atoms with van der Waals surface area (Å²) in [5, 5.41) is 2.54. The normalized spacial score (nSPS) is 14.6. The SMILES string of the molecule is CCOc1cc(C(CCS(=O)O)N2C(=O)c3cccc(NC(=O)CN)c3C2=O)ccc1OC. The van der Waals surface area contributed by atoms with E-state index in [9.17, 15) is 23.1 Å². The Morgan fingerprint density at radius 3 is 2.61 bits per heavy atom. The fourth-order valence-corrected chi connectivity index (χ4v) is 4.14. The van der Waals surface area contributed by atoms with Crippen molar-refractivity contribution in [1.29, 1.82) is 0 Å². The number of rotatable bonds is 10. The Labute approximate surface area is 193 Å². The molecule has 4 N–H and O–H groups in total. The summed E-state index contributed by atoms with van der Waals surface area (Å²) >= 11 is -2.14. The number of carbonyl (C=O) groups is 3. The maximum atomic E-state index is 13.4. The molecular weight excluding hydrogens is 450 g/mol. The number of fused-ring (bicyclic) bond motifs is 1. The summed E-state index contributed by atoms with van der Waals surface area (Å²) in [5.74, 6) is -0.970. The van der Waals surface area contributed by atoms with E-state index in [0.717, 1.165) is 4.90 Å². The maximum Gasteiger partial charge on any atom is 0.264 e. The van der Waals surface area contributed by atoms with Gasteiger partial charge in [0.15, 0.2) is 22.6 Å². The number of anilines is 1. The number of ether oxygens (including phenoxy) is 2. The number of benzene rings is 2. The molecule has 2 aromatic rings. The maximum absolute atomic E-state index is 13.4. The molecule has 176 valence electrons. The molecular formula is C22H25N3O7S. The highest BCUT2D eigenvalue weighted by molar-refractivity contribution is 7.79. The zero-order valence-corrected chi connectivity index (χ0v) is 19.0. The van der Waals surface area contributed by atoms with Crippen LogP contribution in [-0.2, 0) is 15.9 Å². The molecule has 0 fully saturated rings. The largest absolute Gasteiger partial charge is 0.493 e. The number of imide groups is 1. The number of hydrogen-bond donors (Lipinski definition) is 3. The van der Waals surface area contributed by atoms with Gasteiger partial charge in [-0.2, -0.15) is 0 Å². The number of hydrogen-bond acceptors (Lipinski definition) is 7. The Bertz CT molecular complexity index is 1110. The van der Waals surface area contributed by atoms with Crippen molar-refractivity contribution in [3.63, 3.8) is 0 Å². The quantitative estimate of drug-likeness (QED) is 0.349. The van der Waals surface area contributed by atoms with E-state index in [1.165, 1.54) is 19.2 Å². The minimum atomic E-state index is -2.14. The summed E-state index contributed by atoms with van der Waals surface area (Å²) in [4.78, 5) is 39.6. The van der Waals surface area contributed by atoms with Crippen molar-refractivity contribution in [2.75, 3.05) is 31.3 Å². The van der Waals surface area contributed by atoms with Gasteiger partial charge in [0, 0.05) is 0 Å². The van der Waals surface area contributed by atoms with Crippen molar-refractivity contribution in [3.05, 3.63) is 53.1 Å². The van der Waals surface area contributed by atoms with Crippen molar-refractivity contribution >= 4 is 34.5 Å². The standard InChI is InChI=1S/C22H25N3O7S/c1-3-32-18-11-13(7-8-17(18)31-2)16(9-10-33(29)30)25-21(27)14-5-4-6-15(20(14)22(25)28)24-19(26)12-23/h4-8,11,16H,3,9-10,12,23H2,1-2H3,(H,24,26)(H,29,30). The molecule has 10 nitrogen and oxygen atoms in total. The van der Waals surface area contributed by atoms with Gasteiger partial charge in [0.1, 0.15) is 0 Å². The first-order valence-electron chi connectivity index (χ1n) is 10.2. The Kier molecular flexibility index (Phi) is 7.79. The molecule has 0 saturated heterocycles. The van der Waals surface area contributed by atoms with Gasteiger partial charge in [-0.3, -0.25) is 19.3 Å². The van der Waals surface area contributed by atoms with E-state index in [-0.39, 0.29) is 35.5 Å². The molecule has 11 heteroatoms. The first-order valence-corrected chi connectivity index (χ1v) is 11.5. The molecule has 0 aromatic heterocycles. The van der Waals surface area contributed by atoms with Crippen molar-refractivity contribution in [2.24, 2.45) is 5.73 Å². The van der Waals surface area contributed by atoms with Crippen LogP contribution in [0.4, 0.5) is 5.69 Å². The molecule has 2 atom stereocenters. The fraction of sp³-hybridized carbons (Fsp3) is 0.318. The monoisotopic (exact) mass is 475 g/mol. The molecule has 0 saturated carbocycles. The first kappa shape index (κ1) is 24.4. The summed E-state index contributed by atoms with van der Waals surface area (Å²) in [5.41, 5.74) is 6.25. The highest BCUT2D eigenvalue weighted by atomic mass is 32.2. The average Bonchev–Trinajstić information content (AvgIpc) is 3.05. The van der Waals surface area contributed by atoms with E-state index in [0.29, 0.717) is 23.7 Å². The zero-order chi connectivity index (χ0) is 24.1. The summed E-state index contributed by atoms with van der Waals surface area (Å²) in [6.45, 7) is 1.88. The summed E-state index contributed by atoms with van der Waals surface area (Å²) in [6.07, 6.45) is 0.0387. The van der Waals surface area contributed by atoms with Crippen LogP contribution in [0.5, 0.6) is 11.5 Å². The Morgan fingerprint density at radius 1 is 1.21 bits per heavy atom. The Morgan fingerprint density at radius 2 is 1.97 bits per heavy atom. The van der Waals surface area contributed by atoms with Crippen LogP contribution in [0, 0.1) is 0 Å². The third-order valence-corrected chi connectivity index (χ3v) is 5.74. The lowest BCUT2D eigenvalue weighted by molar-refractivity contribution is -0.114. The molecule has 2 unspecified atom stereocenters. The van der Waals surface area contributed by atoms with Crippen molar-refractivity contribution in [3.8, 4) is 11.5 Å². The van der Waals surface area contributed by atoms with Crippen LogP contribution in [0.25, 0.3) is 0 Å². The molecule has 1 aliphatic heterocycles. The van der Waals surface area contributed by atoms with Crippen LogP contribution in [0.3, 0.4) is 0 Å². The van der Waals surface area contributed by atoms with Crippen LogP contribution >= 0.6 is 0 Å². The van der Waals surface area contributed by atoms with Gasteiger partial charge in [-0.15, -0.1) is 0 Å². The van der Waals surface area contributed by atoms with Crippen molar-refractivity contribution in [2.45, 2.75) is 19.4 Å². The second kappa shape index (κ2) is 10.6. The lowest BCUT2D eigenvalue weighted by Gasteiger charge is -2.27. The minimum Gasteiger partial charge on any atom is -0.493 e. The molecule has 0 radical (unpaired) electrons. The van der Waals surface area contributed by atoms with Crippen LogP contribution in [0.1, 0.15) is 45.7 Å². The average molecular weight is 476 g/mol. The lowest BCUT2D eigenvalue weighted by Crippen LogP contribution is -2.35. The number of nitrogens with two attached hydrogens (primary N) is 1. The van der Waals surface area contributed by atoms with Crippen LogP contribution in [-0.4, -0.2) is 57.4 Å². The molecule has 3 amide bonds. The molecule has 0 bridgehead atoms.